The number of carbonyl (C=O) groups excluding carboxylic acids is 2. The molecule has 0 saturated heterocycles. The molecule has 0 aromatic heterocycles. The molecule has 2 aromatic carbocycles. The van der Waals surface area contributed by atoms with E-state index in [1.54, 1.807) is 30.3 Å². The van der Waals surface area contributed by atoms with E-state index in [2.05, 4.69) is 5.32 Å². The van der Waals surface area contributed by atoms with Gasteiger partial charge in [-0.2, -0.15) is 0 Å². The van der Waals surface area contributed by atoms with Crippen molar-refractivity contribution < 1.29 is 19.1 Å². The molecule has 6 nitrogen and oxygen atoms in total. The van der Waals surface area contributed by atoms with E-state index in [0.29, 0.717) is 41.5 Å². The van der Waals surface area contributed by atoms with E-state index in [4.69, 9.17) is 15.2 Å². The lowest BCUT2D eigenvalue weighted by Crippen LogP contribution is -2.16. The van der Waals surface area contributed by atoms with Crippen molar-refractivity contribution in [2.24, 2.45) is 5.73 Å². The maximum atomic E-state index is 12.2. The van der Waals surface area contributed by atoms with Crippen LogP contribution in [0.3, 0.4) is 0 Å². The van der Waals surface area contributed by atoms with Crippen LogP contribution < -0.4 is 20.5 Å². The van der Waals surface area contributed by atoms with Gasteiger partial charge in [0, 0.05) is 22.9 Å². The number of ether oxygens (including phenoxy) is 2. The van der Waals surface area contributed by atoms with Gasteiger partial charge in [-0.15, -0.1) is 0 Å². The van der Waals surface area contributed by atoms with Gasteiger partial charge in [0.2, 0.25) is 5.91 Å². The van der Waals surface area contributed by atoms with E-state index >= 15 is 0 Å². The predicted molar refractivity (Wildman–Crippen MR) is 80.3 cm³/mol. The fraction of sp³-hybridized carbons (Fsp3) is 0.125. The summed E-state index contributed by atoms with van der Waals surface area (Å²) in [6.07, 6.45) is 0. The van der Waals surface area contributed by atoms with Gasteiger partial charge in [0.15, 0.2) is 11.5 Å². The molecule has 22 heavy (non-hydrogen) atoms. The number of rotatable bonds is 3. The number of nitrogens with two attached hydrogens (primary N) is 1. The van der Waals surface area contributed by atoms with Crippen LogP contribution in [0.5, 0.6) is 11.5 Å². The Balaban J connectivity index is 1.75. The van der Waals surface area contributed by atoms with Gasteiger partial charge in [0.25, 0.3) is 5.91 Å². The van der Waals surface area contributed by atoms with E-state index in [0.717, 1.165) is 0 Å². The zero-order valence-electron chi connectivity index (χ0n) is 11.7. The molecule has 2 aromatic rings. The number of fused-ring (bicyclic) bond motifs is 1. The summed E-state index contributed by atoms with van der Waals surface area (Å²) in [5.41, 5.74) is 6.56. The van der Waals surface area contributed by atoms with Crippen molar-refractivity contribution in [3.63, 3.8) is 0 Å². The first-order valence-corrected chi connectivity index (χ1v) is 6.74. The summed E-state index contributed by atoms with van der Waals surface area (Å²) < 4.78 is 10.9. The standard InChI is InChI=1S/C16H14N2O4/c17-15(19)10-1-3-11(4-2-10)16(20)18-12-5-6-13-14(9-12)22-8-7-21-13/h1-6,9H,7-8H2,(H2,17,19)(H,18,20). The number of anilines is 1. The average molecular weight is 298 g/mol. The highest BCUT2D eigenvalue weighted by Gasteiger charge is 2.13. The van der Waals surface area contributed by atoms with Crippen LogP contribution in [0, 0.1) is 0 Å². The fourth-order valence-electron chi connectivity index (χ4n) is 2.11. The minimum Gasteiger partial charge on any atom is -0.486 e. The van der Waals surface area contributed by atoms with Crippen molar-refractivity contribution in [2.45, 2.75) is 0 Å². The summed E-state index contributed by atoms with van der Waals surface area (Å²) in [6, 6.07) is 11.3. The number of hydrogen-bond donors (Lipinski definition) is 2. The highest BCUT2D eigenvalue weighted by molar-refractivity contribution is 6.05. The van der Waals surface area contributed by atoms with Crippen molar-refractivity contribution in [3.8, 4) is 11.5 Å². The van der Waals surface area contributed by atoms with E-state index in [-0.39, 0.29) is 5.91 Å². The molecule has 0 unspecified atom stereocenters. The van der Waals surface area contributed by atoms with Gasteiger partial charge in [0.05, 0.1) is 0 Å². The van der Waals surface area contributed by atoms with Gasteiger partial charge in [-0.25, -0.2) is 0 Å². The number of carbonyl (C=O) groups is 2. The monoisotopic (exact) mass is 298 g/mol. The molecule has 3 rings (SSSR count). The zero-order chi connectivity index (χ0) is 15.5. The van der Waals surface area contributed by atoms with Gasteiger partial charge >= 0.3 is 0 Å². The normalized spacial score (nSPS) is 12.5. The highest BCUT2D eigenvalue weighted by Crippen LogP contribution is 2.32. The molecule has 2 amide bonds. The van der Waals surface area contributed by atoms with Crippen molar-refractivity contribution in [2.75, 3.05) is 18.5 Å². The zero-order valence-corrected chi connectivity index (χ0v) is 11.7. The number of nitrogens with one attached hydrogen (secondary N) is 1. The SMILES string of the molecule is NC(=O)c1ccc(C(=O)Nc2ccc3c(c2)OCCO3)cc1. The lowest BCUT2D eigenvalue weighted by molar-refractivity contribution is 0.0995. The molecular formula is C16H14N2O4. The second-order valence-corrected chi connectivity index (χ2v) is 4.75. The molecule has 0 saturated carbocycles. The first-order chi connectivity index (χ1) is 10.6. The quantitative estimate of drug-likeness (QED) is 0.904. The lowest BCUT2D eigenvalue weighted by Gasteiger charge is -2.19. The second-order valence-electron chi connectivity index (χ2n) is 4.75. The number of primary amides is 1. The molecule has 0 aliphatic carbocycles. The Morgan fingerprint density at radius 2 is 1.55 bits per heavy atom. The Morgan fingerprint density at radius 3 is 2.23 bits per heavy atom. The number of amides is 2. The minimum atomic E-state index is -0.529. The van der Waals surface area contributed by atoms with Gasteiger partial charge in [-0.3, -0.25) is 9.59 Å². The Bertz CT molecular complexity index is 725. The van der Waals surface area contributed by atoms with Crippen LogP contribution in [0.25, 0.3) is 0 Å². The molecule has 1 aliphatic heterocycles. The summed E-state index contributed by atoms with van der Waals surface area (Å²) in [6.45, 7) is 1.00. The summed E-state index contributed by atoms with van der Waals surface area (Å²) in [7, 11) is 0. The van der Waals surface area contributed by atoms with Gasteiger partial charge in [-0.1, -0.05) is 0 Å². The smallest absolute Gasteiger partial charge is 0.255 e. The van der Waals surface area contributed by atoms with E-state index in [9.17, 15) is 9.59 Å². The Hall–Kier alpha value is -3.02. The minimum absolute atomic E-state index is 0.285. The van der Waals surface area contributed by atoms with Crippen LogP contribution in [-0.2, 0) is 0 Å². The van der Waals surface area contributed by atoms with Gasteiger partial charge in [-0.05, 0) is 36.4 Å². The predicted octanol–water partition coefficient (Wildman–Crippen LogP) is 1.81. The van der Waals surface area contributed by atoms with Crippen molar-refractivity contribution in [3.05, 3.63) is 53.6 Å². The molecule has 0 fully saturated rings. The lowest BCUT2D eigenvalue weighted by atomic mass is 10.1. The molecule has 3 N–H and O–H groups in total. The molecule has 1 heterocycles. The van der Waals surface area contributed by atoms with Crippen LogP contribution in [-0.4, -0.2) is 25.0 Å². The Kier molecular flexibility index (Phi) is 3.65. The molecule has 0 spiro atoms. The molecule has 0 atom stereocenters. The molecule has 0 radical (unpaired) electrons. The first kappa shape index (κ1) is 13.9. The molecule has 1 aliphatic rings. The summed E-state index contributed by atoms with van der Waals surface area (Å²) in [5.74, 6) is 0.453. The van der Waals surface area contributed by atoms with Crippen LogP contribution >= 0.6 is 0 Å². The largest absolute Gasteiger partial charge is 0.486 e. The van der Waals surface area contributed by atoms with Crippen LogP contribution in [0.15, 0.2) is 42.5 Å². The molecule has 6 heteroatoms. The Morgan fingerprint density at radius 1 is 0.909 bits per heavy atom. The first-order valence-electron chi connectivity index (χ1n) is 6.74. The topological polar surface area (TPSA) is 90.7 Å². The highest BCUT2D eigenvalue weighted by atomic mass is 16.6. The third-order valence-corrected chi connectivity index (χ3v) is 3.23. The number of benzene rings is 2. The van der Waals surface area contributed by atoms with E-state index < -0.39 is 5.91 Å². The summed E-state index contributed by atoms with van der Waals surface area (Å²) in [4.78, 5) is 23.2. The van der Waals surface area contributed by atoms with Crippen molar-refractivity contribution in [1.82, 2.24) is 0 Å². The number of hydrogen-bond acceptors (Lipinski definition) is 4. The average Bonchev–Trinajstić information content (AvgIpc) is 2.55. The third kappa shape index (κ3) is 2.85. The molecule has 112 valence electrons. The summed E-state index contributed by atoms with van der Waals surface area (Å²) >= 11 is 0. The Labute approximate surface area is 126 Å². The van der Waals surface area contributed by atoms with Crippen LogP contribution in [0.1, 0.15) is 20.7 Å². The van der Waals surface area contributed by atoms with Crippen molar-refractivity contribution in [1.29, 1.82) is 0 Å². The van der Waals surface area contributed by atoms with Crippen LogP contribution in [0.4, 0.5) is 5.69 Å². The van der Waals surface area contributed by atoms with E-state index in [1.165, 1.54) is 12.1 Å². The molecular weight excluding hydrogens is 284 g/mol. The fourth-order valence-corrected chi connectivity index (χ4v) is 2.11. The van der Waals surface area contributed by atoms with Crippen molar-refractivity contribution >= 4 is 17.5 Å². The third-order valence-electron chi connectivity index (χ3n) is 3.23. The van der Waals surface area contributed by atoms with E-state index in [1.807, 2.05) is 0 Å². The van der Waals surface area contributed by atoms with Gasteiger partial charge in [0.1, 0.15) is 13.2 Å². The van der Waals surface area contributed by atoms with Gasteiger partial charge < -0.3 is 20.5 Å². The summed E-state index contributed by atoms with van der Waals surface area (Å²) in [5, 5.41) is 2.77. The van der Waals surface area contributed by atoms with Crippen LogP contribution in [0.2, 0.25) is 0 Å². The maximum absolute atomic E-state index is 12.2. The maximum Gasteiger partial charge on any atom is 0.255 e. The second kappa shape index (κ2) is 5.77. The molecule has 0 bridgehead atoms.